The van der Waals surface area contributed by atoms with Crippen molar-refractivity contribution in [2.24, 2.45) is 5.92 Å². The van der Waals surface area contributed by atoms with Crippen molar-refractivity contribution in [3.63, 3.8) is 0 Å². The number of ether oxygens (including phenoxy) is 1. The lowest BCUT2D eigenvalue weighted by Gasteiger charge is -2.19. The highest BCUT2D eigenvalue weighted by molar-refractivity contribution is 6.07. The monoisotopic (exact) mass is 457 g/mol. The molecule has 3 aromatic carbocycles. The van der Waals surface area contributed by atoms with Crippen LogP contribution in [0.15, 0.2) is 72.8 Å². The molecule has 1 atom stereocenters. The number of nitrogens with one attached hydrogen (secondary N) is 2. The predicted octanol–water partition coefficient (Wildman–Crippen LogP) is 3.93. The molecule has 0 unspecified atom stereocenters. The summed E-state index contributed by atoms with van der Waals surface area (Å²) >= 11 is 0. The summed E-state index contributed by atoms with van der Waals surface area (Å²) in [6.45, 7) is 2.57. The number of amides is 3. The fraction of sp³-hybridized carbons (Fsp3) is 0.222. The zero-order valence-corrected chi connectivity index (χ0v) is 19.2. The summed E-state index contributed by atoms with van der Waals surface area (Å²) in [6.07, 6.45) is 0.129. The van der Waals surface area contributed by atoms with Crippen molar-refractivity contribution < 1.29 is 19.1 Å². The highest BCUT2D eigenvalue weighted by Crippen LogP contribution is 2.29. The highest BCUT2D eigenvalue weighted by Gasteiger charge is 2.36. The molecule has 3 aromatic rings. The number of benzene rings is 3. The van der Waals surface area contributed by atoms with E-state index in [2.05, 4.69) is 10.6 Å². The number of hydrogen-bond acceptors (Lipinski definition) is 4. The van der Waals surface area contributed by atoms with E-state index in [9.17, 15) is 14.4 Å². The van der Waals surface area contributed by atoms with Crippen LogP contribution in [0.4, 0.5) is 11.4 Å². The predicted molar refractivity (Wildman–Crippen MR) is 131 cm³/mol. The largest absolute Gasteiger partial charge is 0.497 e. The second-order valence-electron chi connectivity index (χ2n) is 8.26. The Labute approximate surface area is 198 Å². The molecule has 174 valence electrons. The molecule has 3 amide bonds. The van der Waals surface area contributed by atoms with Gasteiger partial charge in [-0.15, -0.1) is 0 Å². The number of carbonyl (C=O) groups is 3. The molecule has 0 aliphatic carbocycles. The molecule has 0 saturated carbocycles. The normalized spacial score (nSPS) is 15.2. The number of nitrogens with zero attached hydrogens (tertiary/aromatic N) is 1. The number of anilines is 2. The minimum absolute atomic E-state index is 0.0845. The maximum Gasteiger partial charge on any atom is 0.253 e. The quantitative estimate of drug-likeness (QED) is 0.563. The highest BCUT2D eigenvalue weighted by atomic mass is 16.5. The number of methoxy groups -OCH3 is 1. The van der Waals surface area contributed by atoms with Crippen LogP contribution < -0.4 is 20.3 Å². The SMILES string of the molecule is COc1cccc(CNC(=O)c2ccccc2NC(=O)[C@@H]2CC(=O)N(c3ccccc3C)C2)c1. The van der Waals surface area contributed by atoms with Gasteiger partial charge in [0.25, 0.3) is 5.91 Å². The molecule has 7 nitrogen and oxygen atoms in total. The Kier molecular flexibility index (Phi) is 6.92. The second-order valence-corrected chi connectivity index (χ2v) is 8.26. The molecule has 0 bridgehead atoms. The smallest absolute Gasteiger partial charge is 0.253 e. The Morgan fingerprint density at radius 2 is 1.79 bits per heavy atom. The molecule has 1 aliphatic heterocycles. The van der Waals surface area contributed by atoms with Crippen molar-refractivity contribution in [3.8, 4) is 5.75 Å². The molecule has 4 rings (SSSR count). The van der Waals surface area contributed by atoms with Crippen LogP contribution >= 0.6 is 0 Å². The number of carbonyl (C=O) groups excluding carboxylic acids is 3. The molecule has 34 heavy (non-hydrogen) atoms. The summed E-state index contributed by atoms with van der Waals surface area (Å²) in [7, 11) is 1.59. The van der Waals surface area contributed by atoms with Crippen LogP contribution in [-0.4, -0.2) is 31.4 Å². The van der Waals surface area contributed by atoms with Crippen molar-refractivity contribution >= 4 is 29.1 Å². The van der Waals surface area contributed by atoms with E-state index in [-0.39, 0.29) is 24.1 Å². The first kappa shape index (κ1) is 23.0. The number of rotatable bonds is 7. The Balaban J connectivity index is 1.42. The fourth-order valence-corrected chi connectivity index (χ4v) is 4.07. The van der Waals surface area contributed by atoms with Crippen LogP contribution in [-0.2, 0) is 16.1 Å². The van der Waals surface area contributed by atoms with E-state index >= 15 is 0 Å². The average Bonchev–Trinajstić information content (AvgIpc) is 3.24. The van der Waals surface area contributed by atoms with Crippen LogP contribution in [0.3, 0.4) is 0 Å². The molecule has 1 saturated heterocycles. The first-order valence-electron chi connectivity index (χ1n) is 11.1. The van der Waals surface area contributed by atoms with Gasteiger partial charge in [0.2, 0.25) is 11.8 Å². The van der Waals surface area contributed by atoms with Crippen LogP contribution in [0, 0.1) is 12.8 Å². The lowest BCUT2D eigenvalue weighted by molar-refractivity contribution is -0.122. The molecule has 1 heterocycles. The third-order valence-electron chi connectivity index (χ3n) is 5.92. The molecule has 0 radical (unpaired) electrons. The summed E-state index contributed by atoms with van der Waals surface area (Å²) in [5.74, 6) is -0.454. The van der Waals surface area contributed by atoms with Crippen LogP contribution in [0.5, 0.6) is 5.75 Å². The summed E-state index contributed by atoms with van der Waals surface area (Å²) in [4.78, 5) is 40.1. The van der Waals surface area contributed by atoms with E-state index in [1.54, 1.807) is 36.3 Å². The van der Waals surface area contributed by atoms with E-state index in [0.29, 0.717) is 30.1 Å². The molecule has 0 spiro atoms. The summed E-state index contributed by atoms with van der Waals surface area (Å²) in [5.41, 5.74) is 3.47. The second kappa shape index (κ2) is 10.2. The van der Waals surface area contributed by atoms with Gasteiger partial charge in [0.1, 0.15) is 5.75 Å². The lowest BCUT2D eigenvalue weighted by Crippen LogP contribution is -2.29. The van der Waals surface area contributed by atoms with Crippen molar-refractivity contribution in [3.05, 3.63) is 89.5 Å². The van der Waals surface area contributed by atoms with E-state index < -0.39 is 5.92 Å². The molecular weight excluding hydrogens is 430 g/mol. The molecule has 2 N–H and O–H groups in total. The van der Waals surface area contributed by atoms with E-state index in [1.807, 2.05) is 55.5 Å². The first-order valence-corrected chi connectivity index (χ1v) is 11.1. The van der Waals surface area contributed by atoms with Crippen LogP contribution in [0.1, 0.15) is 27.9 Å². The summed E-state index contributed by atoms with van der Waals surface area (Å²) < 4.78 is 5.22. The molecule has 1 aliphatic rings. The van der Waals surface area contributed by atoms with Gasteiger partial charge in [-0.3, -0.25) is 14.4 Å². The maximum absolute atomic E-state index is 13.0. The minimum atomic E-state index is -0.500. The van der Waals surface area contributed by atoms with E-state index in [1.165, 1.54) is 0 Å². The molecule has 1 fully saturated rings. The Morgan fingerprint density at radius 3 is 2.59 bits per heavy atom. The zero-order valence-electron chi connectivity index (χ0n) is 19.2. The average molecular weight is 458 g/mol. The van der Waals surface area contributed by atoms with E-state index in [0.717, 1.165) is 16.8 Å². The van der Waals surface area contributed by atoms with Crippen molar-refractivity contribution in [2.75, 3.05) is 23.9 Å². The van der Waals surface area contributed by atoms with Crippen LogP contribution in [0.25, 0.3) is 0 Å². The number of hydrogen-bond donors (Lipinski definition) is 2. The Bertz CT molecular complexity index is 1220. The van der Waals surface area contributed by atoms with Gasteiger partial charge in [-0.2, -0.15) is 0 Å². The number of aryl methyl sites for hydroxylation is 1. The van der Waals surface area contributed by atoms with Crippen molar-refractivity contribution in [1.29, 1.82) is 0 Å². The van der Waals surface area contributed by atoms with E-state index in [4.69, 9.17) is 4.74 Å². The first-order chi connectivity index (χ1) is 16.5. The van der Waals surface area contributed by atoms with Gasteiger partial charge >= 0.3 is 0 Å². The maximum atomic E-state index is 13.0. The van der Waals surface area contributed by atoms with Crippen molar-refractivity contribution in [1.82, 2.24) is 5.32 Å². The topological polar surface area (TPSA) is 87.7 Å². The van der Waals surface area contributed by atoms with Gasteiger partial charge in [0.15, 0.2) is 0 Å². The Morgan fingerprint density at radius 1 is 1.03 bits per heavy atom. The molecule has 0 aromatic heterocycles. The fourth-order valence-electron chi connectivity index (χ4n) is 4.07. The summed E-state index contributed by atoms with van der Waals surface area (Å²) in [6, 6.07) is 21.9. The number of para-hydroxylation sites is 2. The van der Waals surface area contributed by atoms with Gasteiger partial charge in [-0.05, 0) is 48.4 Å². The standard InChI is InChI=1S/C27H27N3O4/c1-18-8-3-6-13-24(18)30-17-20(15-25(30)31)26(32)29-23-12-5-4-11-22(23)27(33)28-16-19-9-7-10-21(14-19)34-2/h3-14,20H,15-17H2,1-2H3,(H,28,33)(H,29,32)/t20-/m1/s1. The van der Waals surface area contributed by atoms with Gasteiger partial charge < -0.3 is 20.3 Å². The minimum Gasteiger partial charge on any atom is -0.497 e. The van der Waals surface area contributed by atoms with Gasteiger partial charge in [0.05, 0.1) is 24.3 Å². The van der Waals surface area contributed by atoms with Crippen LogP contribution in [0.2, 0.25) is 0 Å². The third kappa shape index (κ3) is 5.09. The lowest BCUT2D eigenvalue weighted by atomic mass is 10.1. The van der Waals surface area contributed by atoms with Gasteiger partial charge in [-0.25, -0.2) is 0 Å². The van der Waals surface area contributed by atoms with Gasteiger partial charge in [0, 0.05) is 25.2 Å². The Hall–Kier alpha value is -4.13. The van der Waals surface area contributed by atoms with Crippen molar-refractivity contribution in [2.45, 2.75) is 19.9 Å². The molecular formula is C27H27N3O4. The summed E-state index contributed by atoms with van der Waals surface area (Å²) in [5, 5.41) is 5.74. The zero-order chi connectivity index (χ0) is 24.1. The molecule has 7 heteroatoms. The third-order valence-corrected chi connectivity index (χ3v) is 5.92. The van der Waals surface area contributed by atoms with Gasteiger partial charge in [-0.1, -0.05) is 42.5 Å².